The predicted octanol–water partition coefficient (Wildman–Crippen LogP) is 8.28. The Morgan fingerprint density at radius 2 is 1.76 bits per heavy atom. The highest BCUT2D eigenvalue weighted by atomic mass is 35.5. The Labute approximate surface area is 220 Å². The third-order valence-corrected chi connectivity index (χ3v) is 5.74. The fourth-order valence-corrected chi connectivity index (χ4v) is 4.42. The van der Waals surface area contributed by atoms with E-state index >= 15 is 0 Å². The summed E-state index contributed by atoms with van der Waals surface area (Å²) in [6, 6.07) is 10.7. The lowest BCUT2D eigenvalue weighted by atomic mass is 9.91. The molecule has 9 heteroatoms. The molecule has 1 atom stereocenters. The van der Waals surface area contributed by atoms with Gasteiger partial charge < -0.3 is 14.8 Å². The van der Waals surface area contributed by atoms with Crippen molar-refractivity contribution in [2.45, 2.75) is 65.3 Å². The normalized spacial score (nSPS) is 13.9. The number of hydrogen-bond donors (Lipinski definition) is 1. The summed E-state index contributed by atoms with van der Waals surface area (Å²) >= 11 is 6.05. The number of pyridine rings is 1. The van der Waals surface area contributed by atoms with Crippen molar-refractivity contribution in [1.82, 2.24) is 10.3 Å². The van der Waals surface area contributed by atoms with Gasteiger partial charge in [-0.15, -0.1) is 0 Å². The molecule has 0 spiro atoms. The average molecular weight is 537 g/mol. The third-order valence-electron chi connectivity index (χ3n) is 5.51. The number of rotatable bonds is 7. The molecule has 37 heavy (non-hydrogen) atoms. The summed E-state index contributed by atoms with van der Waals surface area (Å²) in [6.45, 7) is 10.7. The van der Waals surface area contributed by atoms with Gasteiger partial charge in [-0.2, -0.15) is 13.2 Å². The molecule has 1 N–H and O–H groups in total. The summed E-state index contributed by atoms with van der Waals surface area (Å²) in [5.74, 6) is -0.180. The molecule has 0 saturated heterocycles. The highest BCUT2D eigenvalue weighted by Crippen LogP contribution is 2.40. The van der Waals surface area contributed by atoms with E-state index in [-0.39, 0.29) is 18.3 Å². The molecule has 1 amide bonds. The minimum Gasteiger partial charge on any atom is -0.491 e. The largest absolute Gasteiger partial charge is 0.491 e. The molecular formula is C28H32ClF3N2O3. The molecule has 0 bridgehead atoms. The SMILES string of the molecule is CC(C)CC(C)(COc1ccc(-c2ccnc3cc(Cl)ccc23)cc1C(F)(F)F)NC(=O)OC(C)(C)C. The van der Waals surface area contributed by atoms with Crippen LogP contribution in [0.4, 0.5) is 18.0 Å². The van der Waals surface area contributed by atoms with E-state index in [1.165, 1.54) is 12.3 Å². The zero-order chi connectivity index (χ0) is 27.6. The van der Waals surface area contributed by atoms with Crippen molar-refractivity contribution in [2.24, 2.45) is 5.92 Å². The minimum atomic E-state index is -4.66. The number of nitrogens with one attached hydrogen (secondary N) is 1. The number of carbonyl (C=O) groups excluding carboxylic acids is 1. The van der Waals surface area contributed by atoms with Crippen LogP contribution in [-0.2, 0) is 10.9 Å². The van der Waals surface area contributed by atoms with Crippen LogP contribution in [0, 0.1) is 5.92 Å². The van der Waals surface area contributed by atoms with Gasteiger partial charge in [0.2, 0.25) is 0 Å². The molecule has 5 nitrogen and oxygen atoms in total. The topological polar surface area (TPSA) is 60.5 Å². The zero-order valence-electron chi connectivity index (χ0n) is 21.8. The quantitative estimate of drug-likeness (QED) is 0.330. The first-order chi connectivity index (χ1) is 17.1. The van der Waals surface area contributed by atoms with E-state index in [0.29, 0.717) is 33.5 Å². The summed E-state index contributed by atoms with van der Waals surface area (Å²) in [6.07, 6.45) is -3.32. The number of halogens is 4. The van der Waals surface area contributed by atoms with Gasteiger partial charge in [0.05, 0.1) is 16.6 Å². The number of alkyl halides is 3. The molecule has 200 valence electrons. The molecule has 0 aliphatic heterocycles. The molecular weight excluding hydrogens is 505 g/mol. The predicted molar refractivity (Wildman–Crippen MR) is 140 cm³/mol. The fourth-order valence-electron chi connectivity index (χ4n) is 4.25. The van der Waals surface area contributed by atoms with Crippen molar-refractivity contribution in [3.63, 3.8) is 0 Å². The van der Waals surface area contributed by atoms with Crippen molar-refractivity contribution >= 4 is 28.6 Å². The monoisotopic (exact) mass is 536 g/mol. The standard InChI is InChI=1S/C28H32ClF3N2O3/c1-17(2)15-27(6,34-25(35)37-26(3,4)5)16-36-24-10-7-18(13-22(24)28(30,31)32)20-11-12-33-23-14-19(29)8-9-21(20)23/h7-14,17H,15-16H2,1-6H3,(H,34,35). The van der Waals surface area contributed by atoms with Crippen LogP contribution in [0.25, 0.3) is 22.0 Å². The van der Waals surface area contributed by atoms with Gasteiger partial charge >= 0.3 is 12.3 Å². The third kappa shape index (κ3) is 7.74. The van der Waals surface area contributed by atoms with Crippen LogP contribution in [0.2, 0.25) is 5.02 Å². The lowest BCUT2D eigenvalue weighted by Gasteiger charge is -2.33. The van der Waals surface area contributed by atoms with Crippen molar-refractivity contribution in [1.29, 1.82) is 0 Å². The van der Waals surface area contributed by atoms with E-state index in [4.69, 9.17) is 21.1 Å². The molecule has 1 unspecified atom stereocenters. The van der Waals surface area contributed by atoms with E-state index in [9.17, 15) is 18.0 Å². The molecule has 3 rings (SSSR count). The molecule has 0 aliphatic rings. The van der Waals surface area contributed by atoms with Gasteiger partial charge in [0.15, 0.2) is 0 Å². The van der Waals surface area contributed by atoms with Crippen LogP contribution in [0.1, 0.15) is 53.5 Å². The van der Waals surface area contributed by atoms with E-state index in [2.05, 4.69) is 10.3 Å². The summed E-state index contributed by atoms with van der Waals surface area (Å²) in [7, 11) is 0. The highest BCUT2D eigenvalue weighted by molar-refractivity contribution is 6.31. The molecule has 1 heterocycles. The maximum atomic E-state index is 14.1. The van der Waals surface area contributed by atoms with Gasteiger partial charge in [0.1, 0.15) is 18.0 Å². The number of amides is 1. The maximum absolute atomic E-state index is 14.1. The van der Waals surface area contributed by atoms with Crippen LogP contribution in [0.3, 0.4) is 0 Å². The van der Waals surface area contributed by atoms with Crippen LogP contribution in [0.5, 0.6) is 5.75 Å². The van der Waals surface area contributed by atoms with Crippen molar-refractivity contribution in [2.75, 3.05) is 6.61 Å². The molecule has 0 aliphatic carbocycles. The first-order valence-corrected chi connectivity index (χ1v) is 12.3. The van der Waals surface area contributed by atoms with Crippen molar-refractivity contribution in [3.05, 3.63) is 59.2 Å². The van der Waals surface area contributed by atoms with Crippen molar-refractivity contribution < 1.29 is 27.4 Å². The second kappa shape index (κ2) is 10.8. The molecule has 3 aromatic rings. The number of fused-ring (bicyclic) bond motifs is 1. The fraction of sp³-hybridized carbons (Fsp3) is 0.429. The molecule has 0 saturated carbocycles. The smallest absolute Gasteiger partial charge is 0.419 e. The number of aromatic nitrogens is 1. The second-order valence-electron chi connectivity index (χ2n) is 10.8. The van der Waals surface area contributed by atoms with Gasteiger partial charge in [-0.1, -0.05) is 37.6 Å². The minimum absolute atomic E-state index is 0.140. The van der Waals surface area contributed by atoms with Gasteiger partial charge in [0, 0.05) is 16.6 Å². The Hall–Kier alpha value is -3.00. The molecule has 0 radical (unpaired) electrons. The van der Waals surface area contributed by atoms with E-state index in [1.54, 1.807) is 58.0 Å². The lowest BCUT2D eigenvalue weighted by Crippen LogP contribution is -2.52. The first-order valence-electron chi connectivity index (χ1n) is 12.0. The first kappa shape index (κ1) is 28.6. The van der Waals surface area contributed by atoms with E-state index in [1.807, 2.05) is 13.8 Å². The Morgan fingerprint density at radius 1 is 1.05 bits per heavy atom. The number of nitrogens with zero attached hydrogens (tertiary/aromatic N) is 1. The van der Waals surface area contributed by atoms with Gasteiger partial charge in [-0.3, -0.25) is 4.98 Å². The van der Waals surface area contributed by atoms with Crippen LogP contribution in [-0.4, -0.2) is 28.8 Å². The van der Waals surface area contributed by atoms with E-state index in [0.717, 1.165) is 6.07 Å². The van der Waals surface area contributed by atoms with Gasteiger partial charge in [0.25, 0.3) is 0 Å². The number of ether oxygens (including phenoxy) is 2. The molecule has 0 fully saturated rings. The Bertz CT molecular complexity index is 1270. The molecule has 2 aromatic carbocycles. The summed E-state index contributed by atoms with van der Waals surface area (Å²) < 4.78 is 53.5. The summed E-state index contributed by atoms with van der Waals surface area (Å²) in [5, 5.41) is 3.95. The maximum Gasteiger partial charge on any atom is 0.419 e. The average Bonchev–Trinajstić information content (AvgIpc) is 2.74. The van der Waals surface area contributed by atoms with Crippen LogP contribution in [0.15, 0.2) is 48.7 Å². The van der Waals surface area contributed by atoms with Crippen LogP contribution >= 0.6 is 11.6 Å². The van der Waals surface area contributed by atoms with E-state index < -0.39 is 29.0 Å². The highest BCUT2D eigenvalue weighted by Gasteiger charge is 2.37. The number of alkyl carbamates (subject to hydrolysis) is 1. The number of benzene rings is 2. The Morgan fingerprint density at radius 3 is 2.38 bits per heavy atom. The van der Waals surface area contributed by atoms with Crippen LogP contribution < -0.4 is 10.1 Å². The zero-order valence-corrected chi connectivity index (χ0v) is 22.6. The number of carbonyl (C=O) groups is 1. The lowest BCUT2D eigenvalue weighted by molar-refractivity contribution is -0.139. The summed E-state index contributed by atoms with van der Waals surface area (Å²) in [4.78, 5) is 16.7. The summed E-state index contributed by atoms with van der Waals surface area (Å²) in [5.41, 5.74) is -1.05. The second-order valence-corrected chi connectivity index (χ2v) is 11.2. The van der Waals surface area contributed by atoms with Gasteiger partial charge in [-0.05, 0) is 81.5 Å². The molecule has 1 aromatic heterocycles. The Kier molecular flexibility index (Phi) is 8.32. The number of hydrogen-bond acceptors (Lipinski definition) is 4. The van der Waals surface area contributed by atoms with Gasteiger partial charge in [-0.25, -0.2) is 4.79 Å². The Balaban J connectivity index is 1.94. The van der Waals surface area contributed by atoms with Crippen molar-refractivity contribution in [3.8, 4) is 16.9 Å².